The molecule has 0 radical (unpaired) electrons. The van der Waals surface area contributed by atoms with Crippen LogP contribution in [0.3, 0.4) is 0 Å². The minimum atomic E-state index is -3.43. The Bertz CT molecular complexity index is 773. The van der Waals surface area contributed by atoms with Crippen LogP contribution in [0.15, 0.2) is 45.5 Å². The van der Waals surface area contributed by atoms with E-state index in [-0.39, 0.29) is 27.1 Å². The summed E-state index contributed by atoms with van der Waals surface area (Å²) in [5.41, 5.74) is 6.08. The van der Waals surface area contributed by atoms with Crippen molar-refractivity contribution in [3.63, 3.8) is 0 Å². The average molecular weight is 328 g/mol. The van der Waals surface area contributed by atoms with E-state index in [9.17, 15) is 13.2 Å². The lowest BCUT2D eigenvalue weighted by Gasteiger charge is -2.06. The van der Waals surface area contributed by atoms with Crippen LogP contribution in [0.2, 0.25) is 0 Å². The predicted molar refractivity (Wildman–Crippen MR) is 83.0 cm³/mol. The van der Waals surface area contributed by atoms with Crippen molar-refractivity contribution >= 4 is 38.4 Å². The molecule has 0 saturated heterocycles. The third-order valence-corrected chi connectivity index (χ3v) is 5.38. The Kier molecular flexibility index (Phi) is 4.36. The van der Waals surface area contributed by atoms with Gasteiger partial charge in [0, 0.05) is 23.7 Å². The monoisotopic (exact) mass is 328 g/mol. The summed E-state index contributed by atoms with van der Waals surface area (Å²) in [5.74, 6) is -0.129. The van der Waals surface area contributed by atoms with Crippen LogP contribution in [0.5, 0.6) is 0 Å². The van der Waals surface area contributed by atoms with Crippen LogP contribution < -0.4 is 10.6 Å². The Morgan fingerprint density at radius 1 is 1.30 bits per heavy atom. The number of nitrogens with two attached hydrogens (primary N) is 1. The molecule has 0 aliphatic rings. The zero-order valence-corrected chi connectivity index (χ0v) is 12.8. The van der Waals surface area contributed by atoms with Crippen LogP contribution >= 0.6 is 23.6 Å². The van der Waals surface area contributed by atoms with Crippen molar-refractivity contribution in [3.8, 4) is 0 Å². The Labute approximate surface area is 125 Å². The molecule has 20 heavy (non-hydrogen) atoms. The molecule has 2 N–H and O–H groups in total. The quantitative estimate of drug-likeness (QED) is 0.829. The molecule has 8 heteroatoms. The van der Waals surface area contributed by atoms with Crippen LogP contribution in [-0.4, -0.2) is 23.7 Å². The molecule has 1 aromatic carbocycles. The van der Waals surface area contributed by atoms with Gasteiger partial charge in [0.05, 0.1) is 10.6 Å². The summed E-state index contributed by atoms with van der Waals surface area (Å²) in [4.78, 5) is 11.6. The second-order valence-electron chi connectivity index (χ2n) is 4.07. The first-order valence-corrected chi connectivity index (χ1v) is 8.61. The van der Waals surface area contributed by atoms with Gasteiger partial charge in [0.25, 0.3) is 0 Å². The number of hydrogen-bond donors (Lipinski definition) is 1. The van der Waals surface area contributed by atoms with E-state index in [1.165, 1.54) is 16.7 Å². The van der Waals surface area contributed by atoms with Gasteiger partial charge in [0.2, 0.25) is 0 Å². The van der Waals surface area contributed by atoms with Crippen LogP contribution in [0.25, 0.3) is 0 Å². The first-order chi connectivity index (χ1) is 9.40. The van der Waals surface area contributed by atoms with Crippen molar-refractivity contribution in [1.29, 1.82) is 0 Å². The molecule has 0 amide bonds. The second-order valence-corrected chi connectivity index (χ2v) is 7.48. The van der Waals surface area contributed by atoms with E-state index < -0.39 is 9.84 Å². The normalized spacial score (nSPS) is 11.4. The van der Waals surface area contributed by atoms with Gasteiger partial charge in [-0.2, -0.15) is 0 Å². The number of hydrogen-bond acceptors (Lipinski definition) is 5. The van der Waals surface area contributed by atoms with Crippen molar-refractivity contribution in [2.75, 3.05) is 5.75 Å². The molecule has 0 bridgehead atoms. The lowest BCUT2D eigenvalue weighted by Crippen LogP contribution is -2.19. The molecule has 0 fully saturated rings. The van der Waals surface area contributed by atoms with Crippen LogP contribution in [0.1, 0.15) is 5.56 Å². The number of rotatable bonds is 5. The van der Waals surface area contributed by atoms with Crippen molar-refractivity contribution in [1.82, 2.24) is 4.57 Å². The number of thiocarbonyl (C=S) groups is 1. The first kappa shape index (κ1) is 14.9. The maximum atomic E-state index is 12.1. The Balaban J connectivity index is 2.16. The molecule has 0 unspecified atom stereocenters. The van der Waals surface area contributed by atoms with Gasteiger partial charge in [-0.25, -0.2) is 8.42 Å². The summed E-state index contributed by atoms with van der Waals surface area (Å²) >= 11 is 5.85. The van der Waals surface area contributed by atoms with Gasteiger partial charge in [-0.15, -0.1) is 0 Å². The molecular weight excluding hydrogens is 316 g/mol. The summed E-state index contributed by atoms with van der Waals surface area (Å²) in [6.07, 6.45) is 1.58. The average Bonchev–Trinajstić information content (AvgIpc) is 2.82. The highest BCUT2D eigenvalue weighted by Gasteiger charge is 2.15. The van der Waals surface area contributed by atoms with Crippen molar-refractivity contribution in [3.05, 3.63) is 51.1 Å². The molecule has 0 saturated carbocycles. The second kappa shape index (κ2) is 5.86. The van der Waals surface area contributed by atoms with Crippen molar-refractivity contribution in [2.45, 2.75) is 11.4 Å². The topological polar surface area (TPSA) is 82.2 Å². The standard InChI is InChI=1S/C12H12N2O3S3/c13-11(18)9-1-3-10(4-2-9)20(16,17)8-6-14-5-7-19-12(14)15/h1-5,7H,6,8H2,(H2,13,18). The lowest BCUT2D eigenvalue weighted by molar-refractivity contribution is 0.588. The van der Waals surface area contributed by atoms with Gasteiger partial charge in [0.1, 0.15) is 4.99 Å². The number of aromatic nitrogens is 1. The molecule has 2 aromatic rings. The molecule has 0 atom stereocenters. The molecule has 106 valence electrons. The van der Waals surface area contributed by atoms with Crippen molar-refractivity contribution < 1.29 is 8.42 Å². The highest BCUT2D eigenvalue weighted by atomic mass is 32.2. The Morgan fingerprint density at radius 2 is 1.95 bits per heavy atom. The predicted octanol–water partition coefficient (Wildman–Crippen LogP) is 1.02. The lowest BCUT2D eigenvalue weighted by atomic mass is 10.2. The van der Waals surface area contributed by atoms with E-state index in [0.717, 1.165) is 11.3 Å². The van der Waals surface area contributed by atoms with Crippen LogP contribution in [0.4, 0.5) is 0 Å². The minimum Gasteiger partial charge on any atom is -0.389 e. The zero-order chi connectivity index (χ0) is 14.8. The third kappa shape index (κ3) is 3.33. The largest absolute Gasteiger partial charge is 0.389 e. The summed E-state index contributed by atoms with van der Waals surface area (Å²) in [6, 6.07) is 6.10. The third-order valence-electron chi connectivity index (χ3n) is 2.74. The summed E-state index contributed by atoms with van der Waals surface area (Å²) in [5, 5.41) is 1.63. The maximum absolute atomic E-state index is 12.1. The minimum absolute atomic E-state index is 0.129. The molecular formula is C12H12N2O3S3. The van der Waals surface area contributed by atoms with E-state index in [0.29, 0.717) is 5.56 Å². The number of sulfone groups is 1. The molecule has 5 nitrogen and oxygen atoms in total. The van der Waals surface area contributed by atoms with Gasteiger partial charge in [-0.1, -0.05) is 35.7 Å². The van der Waals surface area contributed by atoms with Gasteiger partial charge in [0.15, 0.2) is 9.84 Å². The highest BCUT2D eigenvalue weighted by molar-refractivity contribution is 7.91. The van der Waals surface area contributed by atoms with Gasteiger partial charge in [-0.3, -0.25) is 4.79 Å². The first-order valence-electron chi connectivity index (χ1n) is 5.67. The van der Waals surface area contributed by atoms with Gasteiger partial charge in [-0.05, 0) is 12.1 Å². The summed E-state index contributed by atoms with van der Waals surface area (Å²) in [7, 11) is -3.43. The summed E-state index contributed by atoms with van der Waals surface area (Å²) < 4.78 is 25.7. The number of benzene rings is 1. The van der Waals surface area contributed by atoms with Crippen LogP contribution in [0, 0.1) is 0 Å². The fourth-order valence-electron chi connectivity index (χ4n) is 1.62. The van der Waals surface area contributed by atoms with E-state index >= 15 is 0 Å². The summed E-state index contributed by atoms with van der Waals surface area (Å²) in [6.45, 7) is 0.141. The fourth-order valence-corrected chi connectivity index (χ4v) is 3.59. The fraction of sp³-hybridized carbons (Fsp3) is 0.167. The van der Waals surface area contributed by atoms with Crippen LogP contribution in [-0.2, 0) is 16.4 Å². The molecule has 1 heterocycles. The number of aryl methyl sites for hydroxylation is 1. The smallest absolute Gasteiger partial charge is 0.307 e. The van der Waals surface area contributed by atoms with E-state index in [1.807, 2.05) is 0 Å². The molecule has 0 aliphatic carbocycles. The van der Waals surface area contributed by atoms with E-state index in [4.69, 9.17) is 18.0 Å². The van der Waals surface area contributed by atoms with Gasteiger partial charge >= 0.3 is 4.87 Å². The maximum Gasteiger partial charge on any atom is 0.307 e. The van der Waals surface area contributed by atoms with E-state index in [1.54, 1.807) is 23.7 Å². The van der Waals surface area contributed by atoms with Gasteiger partial charge < -0.3 is 10.3 Å². The number of nitrogens with zero attached hydrogens (tertiary/aromatic N) is 1. The highest BCUT2D eigenvalue weighted by Crippen LogP contribution is 2.13. The van der Waals surface area contributed by atoms with E-state index in [2.05, 4.69) is 0 Å². The zero-order valence-electron chi connectivity index (χ0n) is 10.4. The molecule has 0 aliphatic heterocycles. The number of thiazole rings is 1. The SMILES string of the molecule is NC(=S)c1ccc(S(=O)(=O)CCn2ccsc2=O)cc1. The molecule has 1 aromatic heterocycles. The molecule has 2 rings (SSSR count). The Hall–Kier alpha value is -1.51. The Morgan fingerprint density at radius 3 is 2.45 bits per heavy atom. The molecule has 0 spiro atoms. The van der Waals surface area contributed by atoms with Crippen molar-refractivity contribution in [2.24, 2.45) is 5.73 Å².